The van der Waals surface area contributed by atoms with Crippen LogP contribution >= 0.6 is 23.2 Å². The Bertz CT molecular complexity index is 1170. The lowest BCUT2D eigenvalue weighted by atomic mass is 10.0. The van der Waals surface area contributed by atoms with Gasteiger partial charge in [-0.2, -0.15) is 0 Å². The molecule has 8 heteroatoms. The Hall–Kier alpha value is -2.12. The standard InChI is InChI=1S/C17H10Cl2N2O3S/c18-9-4-5-10(12(19)8-9)17-20-13-3-1-2-11-15(25(22,23)24)7-6-14(21-17)16(11)13/h1-8H,(H,20,21)(H,22,23,24)/p-1. The third kappa shape index (κ3) is 2.77. The van der Waals surface area contributed by atoms with Gasteiger partial charge in [-0.05, 0) is 36.4 Å². The second kappa shape index (κ2) is 5.71. The Labute approximate surface area is 153 Å². The molecule has 1 aliphatic heterocycles. The van der Waals surface area contributed by atoms with Crippen molar-refractivity contribution in [2.75, 3.05) is 5.32 Å². The summed E-state index contributed by atoms with van der Waals surface area (Å²) >= 11 is 12.2. The minimum Gasteiger partial charge on any atom is -0.744 e. The van der Waals surface area contributed by atoms with Crippen LogP contribution in [0.25, 0.3) is 10.8 Å². The van der Waals surface area contributed by atoms with Crippen molar-refractivity contribution in [2.45, 2.75) is 4.90 Å². The number of rotatable bonds is 2. The van der Waals surface area contributed by atoms with Crippen molar-refractivity contribution in [3.63, 3.8) is 0 Å². The predicted molar refractivity (Wildman–Crippen MR) is 98.2 cm³/mol. The molecule has 3 aromatic rings. The molecule has 1 N–H and O–H groups in total. The topological polar surface area (TPSA) is 81.6 Å². The summed E-state index contributed by atoms with van der Waals surface area (Å²) in [6, 6.07) is 12.9. The van der Waals surface area contributed by atoms with Gasteiger partial charge in [0.25, 0.3) is 0 Å². The largest absolute Gasteiger partial charge is 0.744 e. The first-order chi connectivity index (χ1) is 11.8. The van der Waals surface area contributed by atoms with Crippen LogP contribution in [0.4, 0.5) is 11.4 Å². The molecule has 3 aromatic carbocycles. The lowest BCUT2D eigenvalue weighted by Crippen LogP contribution is -2.17. The van der Waals surface area contributed by atoms with E-state index >= 15 is 0 Å². The van der Waals surface area contributed by atoms with Gasteiger partial charge in [0.2, 0.25) is 0 Å². The van der Waals surface area contributed by atoms with E-state index in [1.54, 1.807) is 36.4 Å². The summed E-state index contributed by atoms with van der Waals surface area (Å²) in [5, 5.41) is 5.00. The van der Waals surface area contributed by atoms with Crippen LogP contribution in [-0.2, 0) is 10.1 Å². The van der Waals surface area contributed by atoms with Gasteiger partial charge in [-0.25, -0.2) is 13.4 Å². The van der Waals surface area contributed by atoms with Crippen LogP contribution < -0.4 is 5.32 Å². The molecule has 4 rings (SSSR count). The van der Waals surface area contributed by atoms with E-state index < -0.39 is 10.1 Å². The molecule has 0 unspecified atom stereocenters. The van der Waals surface area contributed by atoms with Gasteiger partial charge in [0.05, 0.1) is 15.6 Å². The van der Waals surface area contributed by atoms with Crippen molar-refractivity contribution in [2.24, 2.45) is 4.99 Å². The number of amidine groups is 1. The number of hydrogen-bond donors (Lipinski definition) is 1. The summed E-state index contributed by atoms with van der Waals surface area (Å²) in [7, 11) is -4.59. The van der Waals surface area contributed by atoms with Crippen molar-refractivity contribution < 1.29 is 13.0 Å². The van der Waals surface area contributed by atoms with Crippen molar-refractivity contribution in [3.8, 4) is 0 Å². The molecule has 0 fully saturated rings. The third-order valence-electron chi connectivity index (χ3n) is 3.92. The fourth-order valence-electron chi connectivity index (χ4n) is 2.86. The van der Waals surface area contributed by atoms with E-state index in [-0.39, 0.29) is 4.90 Å². The average Bonchev–Trinajstić information content (AvgIpc) is 2.54. The number of halogens is 2. The molecular formula is C17H9Cl2N2O3S-. The summed E-state index contributed by atoms with van der Waals surface area (Å²) < 4.78 is 34.5. The van der Waals surface area contributed by atoms with Gasteiger partial charge in [-0.3, -0.25) is 0 Å². The summed E-state index contributed by atoms with van der Waals surface area (Å²) in [6.07, 6.45) is 0. The van der Waals surface area contributed by atoms with E-state index in [4.69, 9.17) is 23.2 Å². The normalized spacial score (nSPS) is 13.5. The monoisotopic (exact) mass is 391 g/mol. The van der Waals surface area contributed by atoms with E-state index in [1.807, 2.05) is 0 Å². The quantitative estimate of drug-likeness (QED) is 0.649. The van der Waals surface area contributed by atoms with E-state index in [2.05, 4.69) is 10.3 Å². The maximum absolute atomic E-state index is 11.5. The summed E-state index contributed by atoms with van der Waals surface area (Å²) in [6.45, 7) is 0. The van der Waals surface area contributed by atoms with E-state index in [0.717, 1.165) is 0 Å². The summed E-state index contributed by atoms with van der Waals surface area (Å²) in [5.74, 6) is 0.513. The minimum atomic E-state index is -4.59. The van der Waals surface area contributed by atoms with E-state index in [0.29, 0.717) is 43.6 Å². The zero-order valence-corrected chi connectivity index (χ0v) is 14.8. The maximum Gasteiger partial charge on any atom is 0.139 e. The first-order valence-electron chi connectivity index (χ1n) is 7.17. The fourth-order valence-corrected chi connectivity index (χ4v) is 4.03. The van der Waals surface area contributed by atoms with Gasteiger partial charge in [0.1, 0.15) is 16.0 Å². The zero-order valence-electron chi connectivity index (χ0n) is 12.5. The van der Waals surface area contributed by atoms with Gasteiger partial charge >= 0.3 is 0 Å². The molecule has 0 aromatic heterocycles. The number of anilines is 1. The number of aliphatic imine (C=N–C) groups is 1. The van der Waals surface area contributed by atoms with Crippen LogP contribution in [0, 0.1) is 0 Å². The molecule has 0 radical (unpaired) electrons. The molecule has 5 nitrogen and oxygen atoms in total. The number of hydrogen-bond acceptors (Lipinski definition) is 5. The highest BCUT2D eigenvalue weighted by molar-refractivity contribution is 7.86. The number of nitrogens with zero attached hydrogens (tertiary/aromatic N) is 1. The lowest BCUT2D eigenvalue weighted by Gasteiger charge is -2.21. The molecular weight excluding hydrogens is 383 g/mol. The van der Waals surface area contributed by atoms with Crippen LogP contribution in [-0.4, -0.2) is 18.8 Å². The van der Waals surface area contributed by atoms with Crippen molar-refractivity contribution >= 4 is 61.3 Å². The van der Waals surface area contributed by atoms with Crippen molar-refractivity contribution in [1.29, 1.82) is 0 Å². The number of benzene rings is 3. The average molecular weight is 392 g/mol. The minimum absolute atomic E-state index is 0.266. The SMILES string of the molecule is O=S(=O)([O-])c1ccc2c3c(cccc13)NC(c1ccc(Cl)cc1Cl)=N2. The Morgan fingerprint density at radius 3 is 2.56 bits per heavy atom. The van der Waals surface area contributed by atoms with E-state index in [9.17, 15) is 13.0 Å². The molecule has 0 bridgehead atoms. The van der Waals surface area contributed by atoms with Gasteiger partial charge in [0, 0.05) is 27.0 Å². The van der Waals surface area contributed by atoms with Crippen molar-refractivity contribution in [1.82, 2.24) is 0 Å². The molecule has 25 heavy (non-hydrogen) atoms. The van der Waals surface area contributed by atoms with Crippen LogP contribution in [0.15, 0.2) is 58.4 Å². The second-order valence-electron chi connectivity index (χ2n) is 5.47. The first kappa shape index (κ1) is 16.4. The third-order valence-corrected chi connectivity index (χ3v) is 5.36. The maximum atomic E-state index is 11.5. The molecule has 0 atom stereocenters. The summed E-state index contributed by atoms with van der Waals surface area (Å²) in [5.41, 5.74) is 1.86. The van der Waals surface area contributed by atoms with Gasteiger partial charge in [-0.1, -0.05) is 35.3 Å². The molecule has 1 aliphatic rings. The molecule has 126 valence electrons. The van der Waals surface area contributed by atoms with Crippen molar-refractivity contribution in [3.05, 3.63) is 64.1 Å². The van der Waals surface area contributed by atoms with Gasteiger partial charge < -0.3 is 9.87 Å². The molecule has 0 aliphatic carbocycles. The number of nitrogens with one attached hydrogen (secondary N) is 1. The summed E-state index contributed by atoms with van der Waals surface area (Å²) in [4.78, 5) is 4.26. The Kier molecular flexibility index (Phi) is 3.73. The highest BCUT2D eigenvalue weighted by Gasteiger charge is 2.20. The first-order valence-corrected chi connectivity index (χ1v) is 9.34. The highest BCUT2D eigenvalue weighted by Crippen LogP contribution is 2.40. The Morgan fingerprint density at radius 2 is 1.84 bits per heavy atom. The smallest absolute Gasteiger partial charge is 0.139 e. The fraction of sp³-hybridized carbons (Fsp3) is 0. The molecule has 0 spiro atoms. The second-order valence-corrected chi connectivity index (χ2v) is 7.67. The molecule has 0 amide bonds. The van der Waals surface area contributed by atoms with Crippen LogP contribution in [0.3, 0.4) is 0 Å². The predicted octanol–water partition coefficient (Wildman–Crippen LogP) is 4.55. The highest BCUT2D eigenvalue weighted by atomic mass is 35.5. The lowest BCUT2D eigenvalue weighted by molar-refractivity contribution is 0.464. The van der Waals surface area contributed by atoms with Crippen LogP contribution in [0.5, 0.6) is 0 Å². The Morgan fingerprint density at radius 1 is 1.04 bits per heavy atom. The van der Waals surface area contributed by atoms with Gasteiger partial charge in [0.15, 0.2) is 0 Å². The molecule has 0 saturated carbocycles. The zero-order chi connectivity index (χ0) is 17.8. The van der Waals surface area contributed by atoms with E-state index in [1.165, 1.54) is 12.1 Å². The van der Waals surface area contributed by atoms with Gasteiger partial charge in [-0.15, -0.1) is 0 Å². The molecule has 1 heterocycles. The molecule has 0 saturated heterocycles. The Balaban J connectivity index is 1.97. The van der Waals surface area contributed by atoms with Crippen LogP contribution in [0.2, 0.25) is 10.0 Å². The van der Waals surface area contributed by atoms with Crippen LogP contribution in [0.1, 0.15) is 5.56 Å².